The predicted molar refractivity (Wildman–Crippen MR) is 83.9 cm³/mol. The summed E-state index contributed by atoms with van der Waals surface area (Å²) < 4.78 is 5.35. The van der Waals surface area contributed by atoms with Gasteiger partial charge in [0.1, 0.15) is 0 Å². The van der Waals surface area contributed by atoms with Crippen LogP contribution in [-0.4, -0.2) is 42.7 Å². The number of carbonyl (C=O) groups is 1. The molecular weight excluding hydrogens is 286 g/mol. The number of fused-ring (bicyclic) bond motifs is 1. The Hall–Kier alpha value is -1.14. The molecule has 1 aliphatic heterocycles. The van der Waals surface area contributed by atoms with Gasteiger partial charge in [-0.1, -0.05) is 6.92 Å². The first-order valence-corrected chi connectivity index (χ1v) is 8.52. The van der Waals surface area contributed by atoms with Gasteiger partial charge >= 0.3 is 6.03 Å². The summed E-state index contributed by atoms with van der Waals surface area (Å²) in [5, 5.41) is 3.69. The van der Waals surface area contributed by atoms with Gasteiger partial charge < -0.3 is 9.64 Å². The summed E-state index contributed by atoms with van der Waals surface area (Å²) in [5.41, 5.74) is 1.18. The lowest BCUT2D eigenvalue weighted by atomic mass is 9.93. The zero-order valence-corrected chi connectivity index (χ0v) is 13.5. The van der Waals surface area contributed by atoms with E-state index in [1.54, 1.807) is 16.2 Å². The molecule has 2 aliphatic rings. The van der Waals surface area contributed by atoms with Crippen molar-refractivity contribution in [2.24, 2.45) is 11.8 Å². The molecule has 1 aromatic rings. The molecule has 0 bridgehead atoms. The molecule has 0 saturated carbocycles. The Morgan fingerprint density at radius 2 is 2.38 bits per heavy atom. The lowest BCUT2D eigenvalue weighted by molar-refractivity contribution is 0.175. The van der Waals surface area contributed by atoms with Crippen LogP contribution in [0.4, 0.5) is 9.93 Å². The highest BCUT2D eigenvalue weighted by molar-refractivity contribution is 7.15. The molecule has 2 atom stereocenters. The van der Waals surface area contributed by atoms with E-state index >= 15 is 0 Å². The van der Waals surface area contributed by atoms with Gasteiger partial charge in [0.15, 0.2) is 5.13 Å². The van der Waals surface area contributed by atoms with Gasteiger partial charge in [-0.25, -0.2) is 9.78 Å². The standard InChI is InChI=1S/C15H23N3O2S/c1-10-3-4-12-13(7-10)21-14(16-12)17-15(19)18(2)8-11-5-6-20-9-11/h10-11H,3-9H2,1-2H3,(H,16,17,19)/t10-,11+/m0/s1. The quantitative estimate of drug-likeness (QED) is 0.934. The van der Waals surface area contributed by atoms with Crippen molar-refractivity contribution < 1.29 is 9.53 Å². The molecule has 1 aliphatic carbocycles. The van der Waals surface area contributed by atoms with E-state index in [0.29, 0.717) is 5.92 Å². The average Bonchev–Trinajstić information content (AvgIpc) is 3.07. The van der Waals surface area contributed by atoms with E-state index in [1.165, 1.54) is 17.0 Å². The second kappa shape index (κ2) is 6.32. The Balaban J connectivity index is 1.56. The first-order valence-electron chi connectivity index (χ1n) is 7.70. The third-order valence-corrected chi connectivity index (χ3v) is 5.34. The van der Waals surface area contributed by atoms with Crippen LogP contribution in [0.25, 0.3) is 0 Å². The summed E-state index contributed by atoms with van der Waals surface area (Å²) in [6, 6.07) is -0.0685. The number of carbonyl (C=O) groups excluding carboxylic acids is 1. The maximum Gasteiger partial charge on any atom is 0.323 e. The van der Waals surface area contributed by atoms with Crippen molar-refractivity contribution in [2.45, 2.75) is 32.6 Å². The van der Waals surface area contributed by atoms with Crippen molar-refractivity contribution in [3.05, 3.63) is 10.6 Å². The highest BCUT2D eigenvalue weighted by Gasteiger charge is 2.23. The van der Waals surface area contributed by atoms with Crippen LogP contribution in [0.5, 0.6) is 0 Å². The van der Waals surface area contributed by atoms with E-state index in [1.807, 2.05) is 7.05 Å². The minimum absolute atomic E-state index is 0.0685. The number of hydrogen-bond donors (Lipinski definition) is 1. The fraction of sp³-hybridized carbons (Fsp3) is 0.733. The highest BCUT2D eigenvalue weighted by Crippen LogP contribution is 2.32. The molecule has 3 rings (SSSR count). The number of anilines is 1. The van der Waals surface area contributed by atoms with Crippen LogP contribution in [-0.2, 0) is 17.6 Å². The molecule has 0 spiro atoms. The number of rotatable bonds is 3. The molecule has 0 radical (unpaired) electrons. The number of nitrogens with zero attached hydrogens (tertiary/aromatic N) is 2. The SMILES string of the molecule is C[C@H]1CCc2nc(NC(=O)N(C)C[C@H]3CCOC3)sc2C1. The van der Waals surface area contributed by atoms with Gasteiger partial charge in [-0.3, -0.25) is 5.32 Å². The van der Waals surface area contributed by atoms with E-state index in [9.17, 15) is 4.79 Å². The van der Waals surface area contributed by atoms with E-state index in [2.05, 4.69) is 17.2 Å². The summed E-state index contributed by atoms with van der Waals surface area (Å²) >= 11 is 1.63. The van der Waals surface area contributed by atoms with Crippen molar-refractivity contribution in [3.8, 4) is 0 Å². The van der Waals surface area contributed by atoms with Gasteiger partial charge in [0, 0.05) is 31.0 Å². The van der Waals surface area contributed by atoms with E-state index < -0.39 is 0 Å². The highest BCUT2D eigenvalue weighted by atomic mass is 32.1. The number of aryl methyl sites for hydroxylation is 1. The number of urea groups is 1. The zero-order chi connectivity index (χ0) is 14.8. The van der Waals surface area contributed by atoms with Gasteiger partial charge in [-0.15, -0.1) is 11.3 Å². The summed E-state index contributed by atoms with van der Waals surface area (Å²) in [7, 11) is 1.84. The second-order valence-electron chi connectivity index (χ2n) is 6.28. The molecular formula is C15H23N3O2S. The smallest absolute Gasteiger partial charge is 0.323 e. The average molecular weight is 309 g/mol. The maximum atomic E-state index is 12.2. The fourth-order valence-corrected chi connectivity index (χ4v) is 4.14. The van der Waals surface area contributed by atoms with Crippen molar-refractivity contribution >= 4 is 22.5 Å². The second-order valence-corrected chi connectivity index (χ2v) is 7.36. The Morgan fingerprint density at radius 1 is 1.52 bits per heavy atom. The topological polar surface area (TPSA) is 54.5 Å². The van der Waals surface area contributed by atoms with Gasteiger partial charge in [-0.05, 0) is 31.6 Å². The minimum atomic E-state index is -0.0685. The Kier molecular flexibility index (Phi) is 4.45. The zero-order valence-electron chi connectivity index (χ0n) is 12.7. The molecule has 1 N–H and O–H groups in total. The molecule has 116 valence electrons. The summed E-state index contributed by atoms with van der Waals surface area (Å²) in [6.07, 6.45) is 4.38. The lowest BCUT2D eigenvalue weighted by Gasteiger charge is -2.20. The summed E-state index contributed by atoms with van der Waals surface area (Å²) in [5.74, 6) is 1.19. The summed E-state index contributed by atoms with van der Waals surface area (Å²) in [4.78, 5) is 19.9. The first kappa shape index (κ1) is 14.8. The van der Waals surface area contributed by atoms with Gasteiger partial charge in [0.2, 0.25) is 0 Å². The predicted octanol–water partition coefficient (Wildman–Crippen LogP) is 2.77. The fourth-order valence-electron chi connectivity index (χ4n) is 2.98. The normalized spacial score (nSPS) is 24.7. The van der Waals surface area contributed by atoms with Crippen molar-refractivity contribution in [2.75, 3.05) is 32.1 Å². The monoisotopic (exact) mass is 309 g/mol. The molecule has 21 heavy (non-hydrogen) atoms. The minimum Gasteiger partial charge on any atom is -0.381 e. The van der Waals surface area contributed by atoms with Crippen molar-refractivity contribution in [1.29, 1.82) is 0 Å². The molecule has 2 amide bonds. The van der Waals surface area contributed by atoms with Crippen LogP contribution in [0.15, 0.2) is 0 Å². The number of thiazole rings is 1. The summed E-state index contributed by atoms with van der Waals surface area (Å²) in [6.45, 7) is 4.60. The Morgan fingerprint density at radius 3 is 3.14 bits per heavy atom. The molecule has 0 aromatic carbocycles. The number of amides is 2. The first-order chi connectivity index (χ1) is 10.1. The third kappa shape index (κ3) is 3.55. The van der Waals surface area contributed by atoms with Crippen LogP contribution in [0.2, 0.25) is 0 Å². The van der Waals surface area contributed by atoms with Crippen molar-refractivity contribution in [3.63, 3.8) is 0 Å². The molecule has 0 unspecified atom stereocenters. The van der Waals surface area contributed by atoms with Crippen LogP contribution in [0.1, 0.15) is 30.3 Å². The maximum absolute atomic E-state index is 12.2. The van der Waals surface area contributed by atoms with E-state index in [4.69, 9.17) is 4.74 Å². The molecule has 6 heteroatoms. The van der Waals surface area contributed by atoms with E-state index in [0.717, 1.165) is 50.1 Å². The van der Waals surface area contributed by atoms with Gasteiger partial charge in [-0.2, -0.15) is 0 Å². The van der Waals surface area contributed by atoms with Crippen LogP contribution in [0, 0.1) is 11.8 Å². The molecule has 1 saturated heterocycles. The third-order valence-electron chi connectivity index (χ3n) is 4.30. The Labute approximate surface area is 129 Å². The number of nitrogens with one attached hydrogen (secondary N) is 1. The van der Waals surface area contributed by atoms with Gasteiger partial charge in [0.25, 0.3) is 0 Å². The number of ether oxygens (including phenoxy) is 1. The lowest BCUT2D eigenvalue weighted by Crippen LogP contribution is -2.35. The van der Waals surface area contributed by atoms with Crippen molar-refractivity contribution in [1.82, 2.24) is 9.88 Å². The molecule has 2 heterocycles. The van der Waals surface area contributed by atoms with Crippen LogP contribution >= 0.6 is 11.3 Å². The van der Waals surface area contributed by atoms with Crippen LogP contribution in [0.3, 0.4) is 0 Å². The number of hydrogen-bond acceptors (Lipinski definition) is 4. The largest absolute Gasteiger partial charge is 0.381 e. The molecule has 5 nitrogen and oxygen atoms in total. The number of aromatic nitrogens is 1. The Bertz CT molecular complexity index is 511. The van der Waals surface area contributed by atoms with E-state index in [-0.39, 0.29) is 6.03 Å². The van der Waals surface area contributed by atoms with Crippen LogP contribution < -0.4 is 5.32 Å². The molecule has 1 aromatic heterocycles. The molecule has 1 fully saturated rings. The van der Waals surface area contributed by atoms with Gasteiger partial charge in [0.05, 0.1) is 12.3 Å².